The number of esters is 1. The van der Waals surface area contributed by atoms with Crippen molar-refractivity contribution in [2.75, 3.05) is 6.61 Å². The van der Waals surface area contributed by atoms with E-state index < -0.39 is 5.97 Å². The number of fused-ring (bicyclic) bond motifs is 3. The smallest absolute Gasteiger partial charge is 0.356 e. The summed E-state index contributed by atoms with van der Waals surface area (Å²) in [4.78, 5) is 11.8. The molecule has 19 heavy (non-hydrogen) atoms. The lowest BCUT2D eigenvalue weighted by Crippen LogP contribution is -2.05. The molecule has 2 aromatic carbocycles. The molecule has 0 unspecified atom stereocenters. The predicted molar refractivity (Wildman–Crippen MR) is 71.2 cm³/mol. The van der Waals surface area contributed by atoms with E-state index in [9.17, 15) is 9.90 Å². The van der Waals surface area contributed by atoms with Gasteiger partial charge in [-0.15, -0.1) is 0 Å². The third kappa shape index (κ3) is 1.79. The van der Waals surface area contributed by atoms with Crippen LogP contribution in [0.15, 0.2) is 30.3 Å². The molecule has 0 aliphatic heterocycles. The zero-order valence-electron chi connectivity index (χ0n) is 10.3. The predicted octanol–water partition coefficient (Wildman–Crippen LogP) is 2.60. The maximum absolute atomic E-state index is 11.8. The zero-order chi connectivity index (χ0) is 13.4. The topological polar surface area (TPSA) is 75.2 Å². The normalized spacial score (nSPS) is 11.0. The van der Waals surface area contributed by atoms with E-state index in [0.29, 0.717) is 17.8 Å². The molecule has 0 spiro atoms. The van der Waals surface area contributed by atoms with Gasteiger partial charge in [0, 0.05) is 10.8 Å². The first-order valence-corrected chi connectivity index (χ1v) is 5.97. The first kappa shape index (κ1) is 11.5. The van der Waals surface area contributed by atoms with Crippen molar-refractivity contribution in [3.8, 4) is 5.75 Å². The molecule has 5 nitrogen and oxygen atoms in total. The summed E-state index contributed by atoms with van der Waals surface area (Å²) < 4.78 is 4.98. The molecule has 0 bridgehead atoms. The maximum atomic E-state index is 11.8. The van der Waals surface area contributed by atoms with Crippen LogP contribution in [-0.2, 0) is 4.74 Å². The number of ether oxygens (including phenoxy) is 1. The lowest BCUT2D eigenvalue weighted by Gasteiger charge is -2.01. The molecule has 3 rings (SSSR count). The highest BCUT2D eigenvalue weighted by Crippen LogP contribution is 2.28. The van der Waals surface area contributed by atoms with Crippen LogP contribution in [-0.4, -0.2) is 27.9 Å². The Kier molecular flexibility index (Phi) is 2.59. The molecule has 1 heterocycles. The highest BCUT2D eigenvalue weighted by atomic mass is 16.5. The Morgan fingerprint density at radius 1 is 1.32 bits per heavy atom. The SMILES string of the molecule is CCOC(=O)c1[nH]nc2c1ccc1cc(O)ccc12. The number of benzene rings is 2. The Morgan fingerprint density at radius 3 is 2.89 bits per heavy atom. The molecule has 2 N–H and O–H groups in total. The highest BCUT2D eigenvalue weighted by molar-refractivity contribution is 6.11. The van der Waals surface area contributed by atoms with Crippen LogP contribution in [0.4, 0.5) is 0 Å². The minimum Gasteiger partial charge on any atom is -0.508 e. The molecule has 96 valence electrons. The summed E-state index contributed by atoms with van der Waals surface area (Å²) in [6.07, 6.45) is 0. The summed E-state index contributed by atoms with van der Waals surface area (Å²) in [6.45, 7) is 2.08. The molecule has 0 saturated heterocycles. The number of carbonyl (C=O) groups excluding carboxylic acids is 1. The van der Waals surface area contributed by atoms with E-state index >= 15 is 0 Å². The number of phenols is 1. The first-order chi connectivity index (χ1) is 9.20. The van der Waals surface area contributed by atoms with Gasteiger partial charge in [-0.05, 0) is 36.6 Å². The van der Waals surface area contributed by atoms with E-state index in [1.54, 1.807) is 31.2 Å². The van der Waals surface area contributed by atoms with Gasteiger partial charge in [-0.2, -0.15) is 5.10 Å². The number of aromatic amines is 1. The summed E-state index contributed by atoms with van der Waals surface area (Å²) in [5.74, 6) is -0.212. The molecular weight excluding hydrogens is 244 g/mol. The second-order valence-electron chi connectivity index (χ2n) is 4.19. The van der Waals surface area contributed by atoms with Gasteiger partial charge in [-0.25, -0.2) is 4.79 Å². The quantitative estimate of drug-likeness (QED) is 0.691. The maximum Gasteiger partial charge on any atom is 0.356 e. The minimum atomic E-state index is -0.414. The number of aromatic nitrogens is 2. The fourth-order valence-corrected chi connectivity index (χ4v) is 2.15. The van der Waals surface area contributed by atoms with Crippen molar-refractivity contribution in [2.45, 2.75) is 6.92 Å². The number of nitrogens with zero attached hydrogens (tertiary/aromatic N) is 1. The van der Waals surface area contributed by atoms with Crippen LogP contribution < -0.4 is 0 Å². The van der Waals surface area contributed by atoms with Gasteiger partial charge in [-0.1, -0.05) is 6.07 Å². The zero-order valence-corrected chi connectivity index (χ0v) is 10.3. The van der Waals surface area contributed by atoms with Crippen LogP contribution in [0.5, 0.6) is 5.75 Å². The Morgan fingerprint density at radius 2 is 2.11 bits per heavy atom. The van der Waals surface area contributed by atoms with E-state index in [1.165, 1.54) is 0 Å². The molecule has 0 saturated carbocycles. The van der Waals surface area contributed by atoms with Crippen molar-refractivity contribution < 1.29 is 14.6 Å². The molecule has 0 aliphatic rings. The third-order valence-corrected chi connectivity index (χ3v) is 3.00. The van der Waals surface area contributed by atoms with Crippen LogP contribution in [0.3, 0.4) is 0 Å². The minimum absolute atomic E-state index is 0.202. The Labute approximate surface area is 108 Å². The van der Waals surface area contributed by atoms with E-state index in [0.717, 1.165) is 16.2 Å². The second kappa shape index (κ2) is 4.28. The fourth-order valence-electron chi connectivity index (χ4n) is 2.15. The van der Waals surface area contributed by atoms with Crippen LogP contribution in [0, 0.1) is 0 Å². The van der Waals surface area contributed by atoms with Gasteiger partial charge >= 0.3 is 5.97 Å². The Bertz CT molecular complexity index is 777. The monoisotopic (exact) mass is 256 g/mol. The standard InChI is InChI=1S/C14H12N2O3/c1-2-19-14(18)13-11-5-3-8-7-9(17)4-6-10(8)12(11)15-16-13/h3-7,17H,2H2,1H3,(H,15,16). The van der Waals surface area contributed by atoms with Gasteiger partial charge in [0.05, 0.1) is 6.61 Å². The van der Waals surface area contributed by atoms with Gasteiger partial charge in [0.15, 0.2) is 5.69 Å². The summed E-state index contributed by atoms with van der Waals surface area (Å²) in [6, 6.07) is 8.68. The van der Waals surface area contributed by atoms with Crippen molar-refractivity contribution >= 4 is 27.6 Å². The molecule has 1 aromatic heterocycles. The number of carbonyl (C=O) groups is 1. The van der Waals surface area contributed by atoms with Gasteiger partial charge in [0.2, 0.25) is 0 Å². The lowest BCUT2D eigenvalue weighted by molar-refractivity contribution is 0.0521. The molecule has 0 atom stereocenters. The van der Waals surface area contributed by atoms with Gasteiger partial charge in [0.1, 0.15) is 11.3 Å². The van der Waals surface area contributed by atoms with Crippen molar-refractivity contribution in [3.63, 3.8) is 0 Å². The summed E-state index contributed by atoms with van der Waals surface area (Å²) >= 11 is 0. The molecule has 0 radical (unpaired) electrons. The number of hydrogen-bond donors (Lipinski definition) is 2. The molecule has 0 aliphatic carbocycles. The molecule has 5 heteroatoms. The average molecular weight is 256 g/mol. The number of rotatable bonds is 2. The van der Waals surface area contributed by atoms with Crippen LogP contribution in [0.2, 0.25) is 0 Å². The van der Waals surface area contributed by atoms with E-state index in [-0.39, 0.29) is 5.75 Å². The Hall–Kier alpha value is -2.56. The summed E-state index contributed by atoms with van der Waals surface area (Å²) in [7, 11) is 0. The highest BCUT2D eigenvalue weighted by Gasteiger charge is 2.15. The molecule has 0 fully saturated rings. The Balaban J connectivity index is 2.25. The summed E-state index contributed by atoms with van der Waals surface area (Å²) in [5.41, 5.74) is 1.05. The van der Waals surface area contributed by atoms with Crippen molar-refractivity contribution in [1.29, 1.82) is 0 Å². The second-order valence-corrected chi connectivity index (χ2v) is 4.19. The number of nitrogens with one attached hydrogen (secondary N) is 1. The number of phenolic OH excluding ortho intramolecular Hbond substituents is 1. The van der Waals surface area contributed by atoms with Crippen LogP contribution in [0.25, 0.3) is 21.7 Å². The van der Waals surface area contributed by atoms with Gasteiger partial charge in [-0.3, -0.25) is 5.10 Å². The third-order valence-electron chi connectivity index (χ3n) is 3.00. The van der Waals surface area contributed by atoms with Gasteiger partial charge < -0.3 is 9.84 Å². The molecule has 0 amide bonds. The summed E-state index contributed by atoms with van der Waals surface area (Å²) in [5, 5.41) is 18.8. The van der Waals surface area contributed by atoms with E-state index in [4.69, 9.17) is 4.74 Å². The van der Waals surface area contributed by atoms with E-state index in [1.807, 2.05) is 6.07 Å². The first-order valence-electron chi connectivity index (χ1n) is 5.97. The van der Waals surface area contributed by atoms with E-state index in [2.05, 4.69) is 10.2 Å². The lowest BCUT2D eigenvalue weighted by atomic mass is 10.1. The van der Waals surface area contributed by atoms with Gasteiger partial charge in [0.25, 0.3) is 0 Å². The van der Waals surface area contributed by atoms with Crippen molar-refractivity contribution in [3.05, 3.63) is 36.0 Å². The number of aromatic hydroxyl groups is 1. The largest absolute Gasteiger partial charge is 0.508 e. The average Bonchev–Trinajstić information content (AvgIpc) is 2.82. The molecular formula is C14H12N2O3. The number of hydrogen-bond acceptors (Lipinski definition) is 4. The van der Waals surface area contributed by atoms with Crippen LogP contribution in [0.1, 0.15) is 17.4 Å². The van der Waals surface area contributed by atoms with Crippen LogP contribution >= 0.6 is 0 Å². The van der Waals surface area contributed by atoms with Crippen molar-refractivity contribution in [1.82, 2.24) is 10.2 Å². The fraction of sp³-hybridized carbons (Fsp3) is 0.143. The number of H-pyrrole nitrogens is 1. The van der Waals surface area contributed by atoms with Crippen molar-refractivity contribution in [2.24, 2.45) is 0 Å². The molecule has 3 aromatic rings.